The SMILES string of the molecule is O=C(c1cn(C2CC2)nn1)N1CCOCCC1c1ccc(F)cc1. The number of benzene rings is 1. The van der Waals surface area contributed by atoms with Gasteiger partial charge in [0.25, 0.3) is 5.91 Å². The maximum absolute atomic E-state index is 13.2. The number of carbonyl (C=O) groups is 1. The molecule has 2 aromatic rings. The van der Waals surface area contributed by atoms with E-state index < -0.39 is 0 Å². The van der Waals surface area contributed by atoms with Gasteiger partial charge in [-0.2, -0.15) is 0 Å². The lowest BCUT2D eigenvalue weighted by Gasteiger charge is -2.29. The minimum Gasteiger partial charge on any atom is -0.380 e. The largest absolute Gasteiger partial charge is 0.380 e. The molecule has 126 valence electrons. The molecule has 24 heavy (non-hydrogen) atoms. The molecule has 7 heteroatoms. The number of halogens is 1. The predicted octanol–water partition coefficient (Wildman–Crippen LogP) is 2.36. The maximum Gasteiger partial charge on any atom is 0.276 e. The summed E-state index contributed by atoms with van der Waals surface area (Å²) in [6.07, 6.45) is 4.58. The van der Waals surface area contributed by atoms with E-state index >= 15 is 0 Å². The first-order valence-corrected chi connectivity index (χ1v) is 8.28. The Labute approximate surface area is 139 Å². The van der Waals surface area contributed by atoms with Gasteiger partial charge in [-0.3, -0.25) is 4.79 Å². The van der Waals surface area contributed by atoms with Gasteiger partial charge in [-0.1, -0.05) is 17.3 Å². The molecule has 1 aromatic heterocycles. The number of rotatable bonds is 3. The average molecular weight is 330 g/mol. The zero-order chi connectivity index (χ0) is 16.5. The van der Waals surface area contributed by atoms with Crippen molar-refractivity contribution in [3.63, 3.8) is 0 Å². The molecule has 2 aliphatic rings. The second kappa shape index (κ2) is 6.32. The molecule has 1 aliphatic heterocycles. The Morgan fingerprint density at radius 2 is 1.96 bits per heavy atom. The van der Waals surface area contributed by atoms with E-state index in [-0.39, 0.29) is 17.8 Å². The fourth-order valence-corrected chi connectivity index (χ4v) is 3.09. The van der Waals surface area contributed by atoms with Crippen molar-refractivity contribution in [2.45, 2.75) is 31.3 Å². The van der Waals surface area contributed by atoms with Gasteiger partial charge in [0.2, 0.25) is 0 Å². The first-order valence-electron chi connectivity index (χ1n) is 8.28. The monoisotopic (exact) mass is 330 g/mol. The highest BCUT2D eigenvalue weighted by atomic mass is 19.1. The van der Waals surface area contributed by atoms with Crippen molar-refractivity contribution >= 4 is 5.91 Å². The lowest BCUT2D eigenvalue weighted by atomic mass is 10.0. The van der Waals surface area contributed by atoms with E-state index in [1.54, 1.807) is 27.9 Å². The number of ether oxygens (including phenoxy) is 1. The number of hydrogen-bond donors (Lipinski definition) is 0. The van der Waals surface area contributed by atoms with Gasteiger partial charge in [0.15, 0.2) is 5.69 Å². The molecule has 0 spiro atoms. The summed E-state index contributed by atoms with van der Waals surface area (Å²) in [6, 6.07) is 6.55. The van der Waals surface area contributed by atoms with Crippen molar-refractivity contribution in [3.8, 4) is 0 Å². The summed E-state index contributed by atoms with van der Waals surface area (Å²) < 4.78 is 20.5. The Kier molecular flexibility index (Phi) is 4.02. The third-order valence-electron chi connectivity index (χ3n) is 4.55. The van der Waals surface area contributed by atoms with Crippen LogP contribution in [0.25, 0.3) is 0 Å². The van der Waals surface area contributed by atoms with Gasteiger partial charge in [-0.25, -0.2) is 9.07 Å². The van der Waals surface area contributed by atoms with Gasteiger partial charge in [-0.05, 0) is 37.0 Å². The molecule has 6 nitrogen and oxygen atoms in total. The summed E-state index contributed by atoms with van der Waals surface area (Å²) in [4.78, 5) is 14.7. The van der Waals surface area contributed by atoms with Crippen LogP contribution in [0.4, 0.5) is 4.39 Å². The molecule has 1 aliphatic carbocycles. The molecule has 1 saturated carbocycles. The van der Waals surface area contributed by atoms with Crippen LogP contribution in [-0.2, 0) is 4.74 Å². The van der Waals surface area contributed by atoms with Crippen LogP contribution in [0.3, 0.4) is 0 Å². The van der Waals surface area contributed by atoms with Gasteiger partial charge >= 0.3 is 0 Å². The van der Waals surface area contributed by atoms with Gasteiger partial charge in [0, 0.05) is 13.2 Å². The summed E-state index contributed by atoms with van der Waals surface area (Å²) in [5, 5.41) is 8.11. The van der Waals surface area contributed by atoms with E-state index in [1.807, 2.05) is 0 Å². The lowest BCUT2D eigenvalue weighted by molar-refractivity contribution is 0.0666. The maximum atomic E-state index is 13.2. The van der Waals surface area contributed by atoms with Gasteiger partial charge in [0.05, 0.1) is 24.9 Å². The zero-order valence-corrected chi connectivity index (χ0v) is 13.3. The molecule has 1 saturated heterocycles. The van der Waals surface area contributed by atoms with Crippen molar-refractivity contribution in [2.75, 3.05) is 19.8 Å². The molecule has 0 radical (unpaired) electrons. The highest BCUT2D eigenvalue weighted by Gasteiger charge is 2.31. The predicted molar refractivity (Wildman–Crippen MR) is 83.9 cm³/mol. The fraction of sp³-hybridized carbons (Fsp3) is 0.471. The Morgan fingerprint density at radius 3 is 2.71 bits per heavy atom. The molecule has 2 fully saturated rings. The smallest absolute Gasteiger partial charge is 0.276 e. The number of amides is 1. The molecular formula is C17H19FN4O2. The van der Waals surface area contributed by atoms with Crippen LogP contribution >= 0.6 is 0 Å². The second-order valence-electron chi connectivity index (χ2n) is 6.28. The third-order valence-corrected chi connectivity index (χ3v) is 4.55. The Morgan fingerprint density at radius 1 is 1.17 bits per heavy atom. The van der Waals surface area contributed by atoms with Crippen LogP contribution < -0.4 is 0 Å². The third kappa shape index (κ3) is 3.03. The summed E-state index contributed by atoms with van der Waals surface area (Å²) in [6.45, 7) is 1.54. The molecule has 1 atom stereocenters. The highest BCUT2D eigenvalue weighted by Crippen LogP contribution is 2.34. The van der Waals surface area contributed by atoms with Crippen molar-refractivity contribution in [1.29, 1.82) is 0 Å². The first-order chi connectivity index (χ1) is 11.7. The second-order valence-corrected chi connectivity index (χ2v) is 6.28. The van der Waals surface area contributed by atoms with Crippen molar-refractivity contribution in [2.24, 2.45) is 0 Å². The van der Waals surface area contributed by atoms with Gasteiger partial charge < -0.3 is 9.64 Å². The van der Waals surface area contributed by atoms with E-state index in [1.165, 1.54) is 12.1 Å². The van der Waals surface area contributed by atoms with Crippen molar-refractivity contribution in [3.05, 3.63) is 47.5 Å². The van der Waals surface area contributed by atoms with Crippen LogP contribution in [0.15, 0.2) is 30.5 Å². The van der Waals surface area contributed by atoms with Crippen LogP contribution in [0.1, 0.15) is 47.4 Å². The standard InChI is InChI=1S/C17H19FN4O2/c18-13-3-1-12(2-4-13)16-7-9-24-10-8-21(16)17(23)15-11-22(20-19-15)14-5-6-14/h1-4,11,14,16H,5-10H2. The summed E-state index contributed by atoms with van der Waals surface area (Å²) >= 11 is 0. The Balaban J connectivity index is 1.60. The van der Waals surface area contributed by atoms with Gasteiger partial charge in [0.1, 0.15) is 5.82 Å². The molecule has 1 amide bonds. The molecule has 0 N–H and O–H groups in total. The van der Waals surface area contributed by atoms with E-state index in [2.05, 4.69) is 10.3 Å². The van der Waals surface area contributed by atoms with Crippen LogP contribution in [0, 0.1) is 5.82 Å². The number of aromatic nitrogens is 3. The van der Waals surface area contributed by atoms with Crippen LogP contribution in [0.5, 0.6) is 0 Å². The number of hydrogen-bond acceptors (Lipinski definition) is 4. The van der Waals surface area contributed by atoms with E-state index in [9.17, 15) is 9.18 Å². The summed E-state index contributed by atoms with van der Waals surface area (Å²) in [7, 11) is 0. The summed E-state index contributed by atoms with van der Waals surface area (Å²) in [5.74, 6) is -0.435. The van der Waals surface area contributed by atoms with Crippen LogP contribution in [0.2, 0.25) is 0 Å². The fourth-order valence-electron chi connectivity index (χ4n) is 3.09. The van der Waals surface area contributed by atoms with E-state index in [0.717, 1.165) is 18.4 Å². The highest BCUT2D eigenvalue weighted by molar-refractivity contribution is 5.92. The van der Waals surface area contributed by atoms with Crippen LogP contribution in [-0.4, -0.2) is 45.6 Å². The average Bonchev–Trinajstić information content (AvgIpc) is 3.37. The van der Waals surface area contributed by atoms with Crippen molar-refractivity contribution in [1.82, 2.24) is 19.9 Å². The van der Waals surface area contributed by atoms with E-state index in [0.29, 0.717) is 37.9 Å². The number of carbonyl (C=O) groups excluding carboxylic acids is 1. The Bertz CT molecular complexity index is 726. The topological polar surface area (TPSA) is 60.2 Å². The molecular weight excluding hydrogens is 311 g/mol. The van der Waals surface area contributed by atoms with Crippen molar-refractivity contribution < 1.29 is 13.9 Å². The molecule has 1 unspecified atom stereocenters. The first kappa shape index (κ1) is 15.3. The molecule has 0 bridgehead atoms. The quantitative estimate of drug-likeness (QED) is 0.867. The molecule has 2 heterocycles. The lowest BCUT2D eigenvalue weighted by Crippen LogP contribution is -2.36. The van der Waals surface area contributed by atoms with Gasteiger partial charge in [-0.15, -0.1) is 5.10 Å². The number of nitrogens with zero attached hydrogens (tertiary/aromatic N) is 4. The Hall–Kier alpha value is -2.28. The molecule has 1 aromatic carbocycles. The minimum absolute atomic E-state index is 0.147. The minimum atomic E-state index is -0.283. The zero-order valence-electron chi connectivity index (χ0n) is 13.3. The molecule has 4 rings (SSSR count). The normalized spacial score (nSPS) is 21.5. The summed E-state index contributed by atoms with van der Waals surface area (Å²) in [5.41, 5.74) is 1.26. The van der Waals surface area contributed by atoms with E-state index in [4.69, 9.17) is 4.74 Å².